The summed E-state index contributed by atoms with van der Waals surface area (Å²) in [4.78, 5) is 14.0. The molecule has 1 heterocycles. The fourth-order valence-corrected chi connectivity index (χ4v) is 3.94. The molecule has 0 unspecified atom stereocenters. The van der Waals surface area contributed by atoms with Crippen molar-refractivity contribution in [2.45, 2.75) is 18.2 Å². The van der Waals surface area contributed by atoms with E-state index in [2.05, 4.69) is 5.32 Å². The van der Waals surface area contributed by atoms with Crippen molar-refractivity contribution >= 4 is 15.9 Å². The second-order valence-electron chi connectivity index (χ2n) is 5.42. The van der Waals surface area contributed by atoms with E-state index in [-0.39, 0.29) is 23.9 Å². The van der Waals surface area contributed by atoms with Crippen LogP contribution in [0.25, 0.3) is 0 Å². The van der Waals surface area contributed by atoms with Crippen LogP contribution in [-0.4, -0.2) is 62.8 Å². The van der Waals surface area contributed by atoms with Gasteiger partial charge in [0, 0.05) is 32.7 Å². The van der Waals surface area contributed by atoms with Crippen LogP contribution in [0.3, 0.4) is 0 Å². The molecule has 128 valence electrons. The molecule has 0 bridgehead atoms. The molecule has 1 amide bonds. The Kier molecular flexibility index (Phi) is 6.09. The average molecular weight is 343 g/mol. The highest BCUT2D eigenvalue weighted by Crippen LogP contribution is 2.17. The van der Waals surface area contributed by atoms with Crippen LogP contribution >= 0.6 is 0 Å². The number of amides is 1. The molecule has 6 nitrogen and oxygen atoms in total. The normalized spacial score (nSPS) is 15.9. The Morgan fingerprint density at radius 1 is 1.26 bits per heavy atom. The molecule has 2 rings (SSSR count). The smallest absolute Gasteiger partial charge is 0.243 e. The molecule has 0 spiro atoms. The van der Waals surface area contributed by atoms with Gasteiger partial charge in [-0.3, -0.25) is 4.79 Å². The Bertz CT molecular complexity index is 628. The Labute approximate surface area is 136 Å². The number of nitrogens with one attached hydrogen (secondary N) is 1. The summed E-state index contributed by atoms with van der Waals surface area (Å²) in [5, 5.41) is 3.15. The van der Waals surface area contributed by atoms with Gasteiger partial charge in [0.15, 0.2) is 0 Å². The fourth-order valence-electron chi connectivity index (χ4n) is 2.45. The number of carbonyl (C=O) groups is 1. The quantitative estimate of drug-likeness (QED) is 0.824. The highest BCUT2D eigenvalue weighted by atomic mass is 32.2. The molecule has 0 saturated carbocycles. The first-order valence-corrected chi connectivity index (χ1v) is 9.13. The highest BCUT2D eigenvalue weighted by molar-refractivity contribution is 7.89. The molecule has 1 N–H and O–H groups in total. The van der Waals surface area contributed by atoms with E-state index in [1.807, 2.05) is 6.92 Å². The third-order valence-electron chi connectivity index (χ3n) is 3.71. The van der Waals surface area contributed by atoms with Crippen LogP contribution in [0.4, 0.5) is 4.39 Å². The van der Waals surface area contributed by atoms with E-state index in [1.165, 1.54) is 16.4 Å². The molecule has 23 heavy (non-hydrogen) atoms. The number of benzene rings is 1. The summed E-state index contributed by atoms with van der Waals surface area (Å²) in [5.74, 6) is -0.700. The zero-order chi connectivity index (χ0) is 16.9. The van der Waals surface area contributed by atoms with E-state index >= 15 is 0 Å². The number of nitrogens with zero attached hydrogens (tertiary/aromatic N) is 2. The zero-order valence-corrected chi connectivity index (χ0v) is 14.0. The molecular formula is C15H22FN3O3S. The second-order valence-corrected chi connectivity index (χ2v) is 7.36. The van der Waals surface area contributed by atoms with E-state index in [0.717, 1.165) is 12.1 Å². The van der Waals surface area contributed by atoms with Crippen molar-refractivity contribution in [1.29, 1.82) is 0 Å². The molecule has 0 aromatic heterocycles. The predicted octanol–water partition coefficient (Wildman–Crippen LogP) is 0.658. The minimum Gasteiger partial charge on any atom is -0.339 e. The molecule has 1 fully saturated rings. The number of carbonyl (C=O) groups excluding carboxylic acids is 1. The number of halogens is 1. The van der Waals surface area contributed by atoms with Crippen LogP contribution in [0.2, 0.25) is 0 Å². The standard InChI is InChI=1S/C15H22FN3O3S/c1-2-9-19(12-15(20)18-10-7-17-8-11-18)23(21,22)14-5-3-13(16)4-6-14/h3-6,17H,2,7-12H2,1H3. The van der Waals surface area contributed by atoms with Crippen LogP contribution in [0.5, 0.6) is 0 Å². The third-order valence-corrected chi connectivity index (χ3v) is 5.57. The van der Waals surface area contributed by atoms with Gasteiger partial charge in [0.2, 0.25) is 15.9 Å². The lowest BCUT2D eigenvalue weighted by Gasteiger charge is -2.30. The number of rotatable bonds is 6. The summed E-state index contributed by atoms with van der Waals surface area (Å²) in [6.07, 6.45) is 0.593. The topological polar surface area (TPSA) is 69.7 Å². The maximum Gasteiger partial charge on any atom is 0.243 e. The fraction of sp³-hybridized carbons (Fsp3) is 0.533. The van der Waals surface area contributed by atoms with Gasteiger partial charge < -0.3 is 10.2 Å². The molecule has 1 aromatic carbocycles. The minimum atomic E-state index is -3.81. The van der Waals surface area contributed by atoms with E-state index < -0.39 is 15.8 Å². The van der Waals surface area contributed by atoms with E-state index in [9.17, 15) is 17.6 Å². The first-order chi connectivity index (χ1) is 10.9. The Hall–Kier alpha value is -1.51. The number of piperazine rings is 1. The summed E-state index contributed by atoms with van der Waals surface area (Å²) in [6, 6.07) is 4.66. The molecule has 8 heteroatoms. The van der Waals surface area contributed by atoms with Crippen molar-refractivity contribution < 1.29 is 17.6 Å². The SMILES string of the molecule is CCCN(CC(=O)N1CCNCC1)S(=O)(=O)c1ccc(F)cc1. The van der Waals surface area contributed by atoms with Gasteiger partial charge in [0.1, 0.15) is 5.82 Å². The predicted molar refractivity (Wildman–Crippen MR) is 84.9 cm³/mol. The number of hydrogen-bond donors (Lipinski definition) is 1. The van der Waals surface area contributed by atoms with Gasteiger partial charge in [-0.1, -0.05) is 6.92 Å². The molecule has 1 aliphatic rings. The summed E-state index contributed by atoms with van der Waals surface area (Å²) in [7, 11) is -3.81. The van der Waals surface area contributed by atoms with Crippen molar-refractivity contribution in [3.63, 3.8) is 0 Å². The first-order valence-electron chi connectivity index (χ1n) is 7.69. The number of sulfonamides is 1. The largest absolute Gasteiger partial charge is 0.339 e. The van der Waals surface area contributed by atoms with Gasteiger partial charge in [0.05, 0.1) is 11.4 Å². The van der Waals surface area contributed by atoms with Crippen LogP contribution in [0, 0.1) is 5.82 Å². The lowest BCUT2D eigenvalue weighted by atomic mass is 10.3. The minimum absolute atomic E-state index is 0.000427. The highest BCUT2D eigenvalue weighted by Gasteiger charge is 2.28. The number of hydrogen-bond acceptors (Lipinski definition) is 4. The summed E-state index contributed by atoms with van der Waals surface area (Å²) >= 11 is 0. The van der Waals surface area contributed by atoms with Crippen molar-refractivity contribution in [3.8, 4) is 0 Å². The van der Waals surface area contributed by atoms with Crippen LogP contribution in [-0.2, 0) is 14.8 Å². The molecule has 0 radical (unpaired) electrons. The average Bonchev–Trinajstić information content (AvgIpc) is 2.55. The summed E-state index contributed by atoms with van der Waals surface area (Å²) < 4.78 is 39.5. The molecule has 0 aliphatic carbocycles. The van der Waals surface area contributed by atoms with Crippen molar-refractivity contribution in [2.24, 2.45) is 0 Å². The van der Waals surface area contributed by atoms with Gasteiger partial charge in [-0.15, -0.1) is 0 Å². The summed E-state index contributed by atoms with van der Waals surface area (Å²) in [6.45, 7) is 4.49. The van der Waals surface area contributed by atoms with Crippen molar-refractivity contribution in [2.75, 3.05) is 39.3 Å². The maximum absolute atomic E-state index is 13.0. The van der Waals surface area contributed by atoms with E-state index in [0.29, 0.717) is 32.6 Å². The molecule has 1 saturated heterocycles. The molecule has 0 atom stereocenters. The van der Waals surface area contributed by atoms with E-state index in [4.69, 9.17) is 0 Å². The van der Waals surface area contributed by atoms with Crippen LogP contribution < -0.4 is 5.32 Å². The van der Waals surface area contributed by atoms with Gasteiger partial charge in [-0.2, -0.15) is 4.31 Å². The Morgan fingerprint density at radius 3 is 2.43 bits per heavy atom. The van der Waals surface area contributed by atoms with Gasteiger partial charge in [-0.25, -0.2) is 12.8 Å². The van der Waals surface area contributed by atoms with Crippen molar-refractivity contribution in [3.05, 3.63) is 30.1 Å². The molecule has 1 aliphatic heterocycles. The molecule has 1 aromatic rings. The zero-order valence-electron chi connectivity index (χ0n) is 13.2. The maximum atomic E-state index is 13.0. The van der Waals surface area contributed by atoms with Crippen LogP contribution in [0.15, 0.2) is 29.2 Å². The van der Waals surface area contributed by atoms with E-state index in [1.54, 1.807) is 4.90 Å². The second kappa shape index (κ2) is 7.85. The Balaban J connectivity index is 2.15. The lowest BCUT2D eigenvalue weighted by molar-refractivity contribution is -0.131. The van der Waals surface area contributed by atoms with Gasteiger partial charge in [-0.05, 0) is 30.7 Å². The van der Waals surface area contributed by atoms with Crippen LogP contribution in [0.1, 0.15) is 13.3 Å². The monoisotopic (exact) mass is 343 g/mol. The van der Waals surface area contributed by atoms with Gasteiger partial charge >= 0.3 is 0 Å². The first kappa shape index (κ1) is 17.8. The van der Waals surface area contributed by atoms with Gasteiger partial charge in [0.25, 0.3) is 0 Å². The van der Waals surface area contributed by atoms with Crippen molar-refractivity contribution in [1.82, 2.24) is 14.5 Å². The molecular weight excluding hydrogens is 321 g/mol. The Morgan fingerprint density at radius 2 is 1.87 bits per heavy atom. The third kappa shape index (κ3) is 4.49. The lowest BCUT2D eigenvalue weighted by Crippen LogP contribution is -2.50. The summed E-state index contributed by atoms with van der Waals surface area (Å²) in [5.41, 5.74) is 0.